The van der Waals surface area contributed by atoms with Crippen LogP contribution in [0.2, 0.25) is 5.02 Å². The maximum Gasteiger partial charge on any atom is 0.338 e. The van der Waals surface area contributed by atoms with Gasteiger partial charge in [-0.25, -0.2) is 9.69 Å². The molecule has 3 amide bonds. The molecule has 0 aliphatic carbocycles. The second-order valence-electron chi connectivity index (χ2n) is 8.78. The van der Waals surface area contributed by atoms with Gasteiger partial charge in [0.25, 0.3) is 11.8 Å². The van der Waals surface area contributed by atoms with E-state index in [-0.39, 0.29) is 23.1 Å². The second-order valence-corrected chi connectivity index (χ2v) is 9.57. The molecule has 4 rings (SSSR count). The van der Waals surface area contributed by atoms with Crippen molar-refractivity contribution in [3.63, 3.8) is 0 Å². The highest BCUT2D eigenvalue weighted by atomic mass is 35.5. The van der Waals surface area contributed by atoms with Crippen LogP contribution in [-0.2, 0) is 25.5 Å². The van der Waals surface area contributed by atoms with Crippen LogP contribution in [0.5, 0.6) is 0 Å². The molecule has 3 aromatic carbocycles. The number of benzene rings is 3. The lowest BCUT2D eigenvalue weighted by molar-refractivity contribution is -0.120. The van der Waals surface area contributed by atoms with Crippen molar-refractivity contribution in [2.45, 2.75) is 26.7 Å². The Labute approximate surface area is 235 Å². The number of anilines is 3. The quantitative estimate of drug-likeness (QED) is 0.250. The van der Waals surface area contributed by atoms with Crippen LogP contribution in [0, 0.1) is 6.92 Å². The monoisotopic (exact) mass is 565 g/mol. The summed E-state index contributed by atoms with van der Waals surface area (Å²) in [7, 11) is 0. The van der Waals surface area contributed by atoms with E-state index in [2.05, 4.69) is 10.6 Å². The minimum atomic E-state index is -0.648. The molecule has 1 aliphatic heterocycles. The van der Waals surface area contributed by atoms with Crippen molar-refractivity contribution < 1.29 is 23.9 Å². The van der Waals surface area contributed by atoms with E-state index in [4.69, 9.17) is 27.9 Å². The minimum Gasteiger partial charge on any atom is -0.462 e. The van der Waals surface area contributed by atoms with Crippen molar-refractivity contribution in [1.82, 2.24) is 0 Å². The van der Waals surface area contributed by atoms with Gasteiger partial charge in [0.1, 0.15) is 10.7 Å². The molecular weight excluding hydrogens is 541 g/mol. The van der Waals surface area contributed by atoms with Crippen LogP contribution in [0.4, 0.5) is 17.1 Å². The standard InChI is InChI=1S/C29H25Cl2N3O5/c1-3-14-39-29(38)19-6-4-7-21(16-19)32-24(35)15-18-10-12-20(13-11-18)33-26-25(31)27(36)34(28(26)37)23-9-5-8-22(30)17(23)2/h4-13,16,33H,3,14-15H2,1-2H3,(H,32,35). The summed E-state index contributed by atoms with van der Waals surface area (Å²) in [6, 6.07) is 18.3. The van der Waals surface area contributed by atoms with E-state index in [1.165, 1.54) is 0 Å². The molecule has 39 heavy (non-hydrogen) atoms. The summed E-state index contributed by atoms with van der Waals surface area (Å²) in [6.07, 6.45) is 0.796. The summed E-state index contributed by atoms with van der Waals surface area (Å²) in [5.74, 6) is -1.96. The number of amides is 3. The number of hydrogen-bond acceptors (Lipinski definition) is 6. The van der Waals surface area contributed by atoms with E-state index in [1.54, 1.807) is 73.7 Å². The van der Waals surface area contributed by atoms with Crippen LogP contribution in [0.1, 0.15) is 34.8 Å². The number of imide groups is 1. The Morgan fingerprint density at radius 2 is 1.64 bits per heavy atom. The molecular formula is C29H25Cl2N3O5. The lowest BCUT2D eigenvalue weighted by atomic mass is 10.1. The highest BCUT2D eigenvalue weighted by molar-refractivity contribution is 6.53. The van der Waals surface area contributed by atoms with Gasteiger partial charge in [-0.2, -0.15) is 0 Å². The van der Waals surface area contributed by atoms with Gasteiger partial charge in [0, 0.05) is 16.4 Å². The summed E-state index contributed by atoms with van der Waals surface area (Å²) in [5, 5.41) is 5.88. The molecule has 1 heterocycles. The Morgan fingerprint density at radius 3 is 2.36 bits per heavy atom. The third-order valence-electron chi connectivity index (χ3n) is 5.91. The first-order chi connectivity index (χ1) is 18.7. The highest BCUT2D eigenvalue weighted by Gasteiger charge is 2.39. The lowest BCUT2D eigenvalue weighted by Gasteiger charge is -2.18. The summed E-state index contributed by atoms with van der Waals surface area (Å²) < 4.78 is 5.13. The van der Waals surface area contributed by atoms with Crippen molar-refractivity contribution >= 4 is 64.0 Å². The van der Waals surface area contributed by atoms with Crippen molar-refractivity contribution in [3.05, 3.63) is 99.2 Å². The van der Waals surface area contributed by atoms with Gasteiger partial charge < -0.3 is 15.4 Å². The van der Waals surface area contributed by atoms with E-state index in [9.17, 15) is 19.2 Å². The Balaban J connectivity index is 1.39. The molecule has 0 fully saturated rings. The Hall–Kier alpha value is -4.14. The first-order valence-electron chi connectivity index (χ1n) is 12.2. The van der Waals surface area contributed by atoms with E-state index in [0.717, 1.165) is 11.3 Å². The van der Waals surface area contributed by atoms with E-state index < -0.39 is 17.8 Å². The number of rotatable bonds is 9. The summed E-state index contributed by atoms with van der Waals surface area (Å²) in [4.78, 5) is 51.5. The number of carbonyl (C=O) groups is 4. The van der Waals surface area contributed by atoms with Crippen LogP contribution in [0.15, 0.2) is 77.5 Å². The third kappa shape index (κ3) is 6.30. The van der Waals surface area contributed by atoms with Gasteiger partial charge in [-0.05, 0) is 66.9 Å². The molecule has 2 N–H and O–H groups in total. The number of hydrogen-bond donors (Lipinski definition) is 2. The normalized spacial score (nSPS) is 13.1. The second kappa shape index (κ2) is 12.1. The summed E-state index contributed by atoms with van der Waals surface area (Å²) in [6.45, 7) is 3.95. The molecule has 0 atom stereocenters. The predicted molar refractivity (Wildman–Crippen MR) is 151 cm³/mol. The Bertz CT molecular complexity index is 1480. The molecule has 0 saturated heterocycles. The van der Waals surface area contributed by atoms with Gasteiger partial charge in [0.2, 0.25) is 5.91 Å². The molecule has 10 heteroatoms. The molecule has 0 radical (unpaired) electrons. The van der Waals surface area contributed by atoms with Gasteiger partial charge in [0.15, 0.2) is 0 Å². The Kier molecular flexibility index (Phi) is 8.69. The van der Waals surface area contributed by atoms with Gasteiger partial charge in [-0.3, -0.25) is 14.4 Å². The number of esters is 1. The molecule has 0 unspecified atom stereocenters. The number of ether oxygens (including phenoxy) is 1. The fourth-order valence-corrected chi connectivity index (χ4v) is 4.29. The van der Waals surface area contributed by atoms with Gasteiger partial charge >= 0.3 is 5.97 Å². The molecule has 0 aromatic heterocycles. The SMILES string of the molecule is CCCOC(=O)c1cccc(NC(=O)Cc2ccc(NC3=C(Cl)C(=O)N(c4cccc(Cl)c4C)C3=O)cc2)c1. The van der Waals surface area contributed by atoms with Crippen LogP contribution in [-0.4, -0.2) is 30.3 Å². The van der Waals surface area contributed by atoms with Gasteiger partial charge in [-0.1, -0.05) is 54.4 Å². The van der Waals surface area contributed by atoms with E-state index in [1.807, 2.05) is 6.92 Å². The van der Waals surface area contributed by atoms with Crippen LogP contribution in [0.25, 0.3) is 0 Å². The molecule has 0 saturated carbocycles. The van der Waals surface area contributed by atoms with E-state index >= 15 is 0 Å². The molecule has 3 aromatic rings. The van der Waals surface area contributed by atoms with Crippen LogP contribution in [0.3, 0.4) is 0 Å². The first kappa shape index (κ1) is 27.9. The fourth-order valence-electron chi connectivity index (χ4n) is 3.91. The van der Waals surface area contributed by atoms with Gasteiger partial charge in [-0.15, -0.1) is 0 Å². The molecule has 0 bridgehead atoms. The summed E-state index contributed by atoms with van der Waals surface area (Å²) >= 11 is 12.4. The molecule has 0 spiro atoms. The van der Waals surface area contributed by atoms with Crippen molar-refractivity contribution in [2.75, 3.05) is 22.1 Å². The molecule has 8 nitrogen and oxygen atoms in total. The minimum absolute atomic E-state index is 0.0520. The van der Waals surface area contributed by atoms with Crippen molar-refractivity contribution in [1.29, 1.82) is 0 Å². The number of nitrogens with zero attached hydrogens (tertiary/aromatic N) is 1. The smallest absolute Gasteiger partial charge is 0.338 e. The molecule has 200 valence electrons. The largest absolute Gasteiger partial charge is 0.462 e. The zero-order chi connectivity index (χ0) is 28.1. The summed E-state index contributed by atoms with van der Waals surface area (Å²) in [5.41, 5.74) is 2.94. The first-order valence-corrected chi connectivity index (χ1v) is 12.9. The van der Waals surface area contributed by atoms with Gasteiger partial charge in [0.05, 0.1) is 24.3 Å². The van der Waals surface area contributed by atoms with E-state index in [0.29, 0.717) is 45.4 Å². The fraction of sp³-hybridized carbons (Fsp3) is 0.172. The Morgan fingerprint density at radius 1 is 0.923 bits per heavy atom. The topological polar surface area (TPSA) is 105 Å². The zero-order valence-corrected chi connectivity index (χ0v) is 22.7. The maximum atomic E-state index is 13.1. The number of nitrogens with one attached hydrogen (secondary N) is 2. The average molecular weight is 566 g/mol. The lowest BCUT2D eigenvalue weighted by Crippen LogP contribution is -2.32. The highest BCUT2D eigenvalue weighted by Crippen LogP contribution is 2.34. The number of carbonyl (C=O) groups excluding carboxylic acids is 4. The predicted octanol–water partition coefficient (Wildman–Crippen LogP) is 5.83. The average Bonchev–Trinajstić information content (AvgIpc) is 3.13. The maximum absolute atomic E-state index is 13.1. The number of halogens is 2. The third-order valence-corrected chi connectivity index (χ3v) is 6.67. The van der Waals surface area contributed by atoms with Crippen LogP contribution >= 0.6 is 23.2 Å². The molecule has 1 aliphatic rings. The van der Waals surface area contributed by atoms with Crippen molar-refractivity contribution in [2.24, 2.45) is 0 Å². The van der Waals surface area contributed by atoms with Crippen LogP contribution < -0.4 is 15.5 Å². The zero-order valence-electron chi connectivity index (χ0n) is 21.2. The van der Waals surface area contributed by atoms with Crippen molar-refractivity contribution in [3.8, 4) is 0 Å².